The van der Waals surface area contributed by atoms with E-state index in [1.165, 1.54) is 11.1 Å². The molecular formula is C16H20O3. The van der Waals surface area contributed by atoms with Gasteiger partial charge >= 0.3 is 0 Å². The summed E-state index contributed by atoms with van der Waals surface area (Å²) in [4.78, 5) is 16.0. The average Bonchev–Trinajstić information content (AvgIpc) is 2.48. The van der Waals surface area contributed by atoms with Gasteiger partial charge in [-0.15, -0.1) is 0 Å². The molecule has 0 unspecified atom stereocenters. The minimum absolute atomic E-state index is 0.329. The topological polar surface area (TPSA) is 54.4 Å². The first-order valence-corrected chi connectivity index (χ1v) is 5.53. The molecule has 0 aliphatic carbocycles. The maximum absolute atomic E-state index is 8.76. The van der Waals surface area contributed by atoms with Gasteiger partial charge in [0.05, 0.1) is 0 Å². The Bertz CT molecular complexity index is 387. The summed E-state index contributed by atoms with van der Waals surface area (Å²) >= 11 is 0. The van der Waals surface area contributed by atoms with Gasteiger partial charge in [0, 0.05) is 0 Å². The van der Waals surface area contributed by atoms with Crippen LogP contribution in [-0.4, -0.2) is 18.7 Å². The molecule has 0 aromatic heterocycles. The van der Waals surface area contributed by atoms with Crippen molar-refractivity contribution in [2.75, 3.05) is 0 Å². The van der Waals surface area contributed by atoms with Gasteiger partial charge < -0.3 is 14.7 Å². The zero-order valence-electron chi connectivity index (χ0n) is 11.4. The molecule has 0 saturated heterocycles. The highest BCUT2D eigenvalue weighted by molar-refractivity contribution is 5.24. The molecule has 0 atom stereocenters. The van der Waals surface area contributed by atoms with Crippen LogP contribution in [0.5, 0.6) is 5.75 Å². The van der Waals surface area contributed by atoms with E-state index in [0.29, 0.717) is 5.75 Å². The predicted molar refractivity (Wildman–Crippen MR) is 78.3 cm³/mol. The van der Waals surface area contributed by atoms with Crippen molar-refractivity contribution in [1.29, 1.82) is 0 Å². The number of carbonyl (C=O) groups excluding carboxylic acids is 2. The molecule has 3 nitrogen and oxygen atoms in total. The highest BCUT2D eigenvalue weighted by Crippen LogP contribution is 2.07. The standard InChI is InChI=1S/C7H8O.C7H8.2CH2O/c1-6-2-4-7(8)5-3-6;1-7-5-3-2-4-6-7;2*1-2/h2-5,8H,1H3;2-6H,1H3;2*1H2. The van der Waals surface area contributed by atoms with E-state index >= 15 is 0 Å². The number of hydrogen-bond donors (Lipinski definition) is 1. The van der Waals surface area contributed by atoms with E-state index in [4.69, 9.17) is 14.7 Å². The second-order valence-corrected chi connectivity index (χ2v) is 3.49. The van der Waals surface area contributed by atoms with Crippen LogP contribution in [0, 0.1) is 13.8 Å². The van der Waals surface area contributed by atoms with Crippen molar-refractivity contribution in [3.05, 3.63) is 65.7 Å². The molecule has 0 aliphatic heterocycles. The molecule has 1 N–H and O–H groups in total. The van der Waals surface area contributed by atoms with E-state index in [9.17, 15) is 0 Å². The Balaban J connectivity index is 0. The Morgan fingerprint density at radius 3 is 1.32 bits per heavy atom. The van der Waals surface area contributed by atoms with Crippen LogP contribution >= 0.6 is 0 Å². The lowest BCUT2D eigenvalue weighted by atomic mass is 10.2. The fourth-order valence-electron chi connectivity index (χ4n) is 1.08. The van der Waals surface area contributed by atoms with Gasteiger partial charge in [0.15, 0.2) is 0 Å². The van der Waals surface area contributed by atoms with Crippen molar-refractivity contribution in [2.45, 2.75) is 13.8 Å². The second kappa shape index (κ2) is 13.6. The molecule has 0 radical (unpaired) electrons. The number of aryl methyl sites for hydroxylation is 2. The average molecular weight is 260 g/mol. The van der Waals surface area contributed by atoms with E-state index in [-0.39, 0.29) is 0 Å². The maximum atomic E-state index is 8.76. The van der Waals surface area contributed by atoms with E-state index in [0.717, 1.165) is 0 Å². The molecule has 102 valence electrons. The Kier molecular flexibility index (Phi) is 13.6. The smallest absolute Gasteiger partial charge is 0.115 e. The lowest BCUT2D eigenvalue weighted by molar-refractivity contribution is -0.0987. The van der Waals surface area contributed by atoms with E-state index in [1.54, 1.807) is 12.1 Å². The van der Waals surface area contributed by atoms with Crippen LogP contribution in [-0.2, 0) is 9.59 Å². The lowest BCUT2D eigenvalue weighted by Gasteiger charge is -1.89. The molecule has 2 aromatic carbocycles. The number of hydrogen-bond acceptors (Lipinski definition) is 3. The van der Waals surface area contributed by atoms with Gasteiger partial charge in [0.1, 0.15) is 19.3 Å². The third kappa shape index (κ3) is 11.8. The van der Waals surface area contributed by atoms with E-state index in [1.807, 2.05) is 50.8 Å². The summed E-state index contributed by atoms with van der Waals surface area (Å²) in [7, 11) is 0. The molecule has 19 heavy (non-hydrogen) atoms. The number of rotatable bonds is 0. The first-order chi connectivity index (χ1) is 9.18. The molecule has 0 fully saturated rings. The zero-order valence-corrected chi connectivity index (χ0v) is 11.4. The molecule has 0 spiro atoms. The Morgan fingerprint density at radius 1 is 0.684 bits per heavy atom. The van der Waals surface area contributed by atoms with E-state index < -0.39 is 0 Å². The van der Waals surface area contributed by atoms with Crippen LogP contribution in [0.4, 0.5) is 0 Å². The van der Waals surface area contributed by atoms with Crippen molar-refractivity contribution in [1.82, 2.24) is 0 Å². The third-order valence-corrected chi connectivity index (χ3v) is 1.97. The second-order valence-electron chi connectivity index (χ2n) is 3.49. The first kappa shape index (κ1) is 18.9. The van der Waals surface area contributed by atoms with Crippen LogP contribution in [0.15, 0.2) is 54.6 Å². The third-order valence-electron chi connectivity index (χ3n) is 1.97. The summed E-state index contributed by atoms with van der Waals surface area (Å²) in [6.07, 6.45) is 0. The van der Waals surface area contributed by atoms with Gasteiger partial charge in [-0.3, -0.25) is 0 Å². The summed E-state index contributed by atoms with van der Waals surface area (Å²) in [5, 5.41) is 8.76. The lowest BCUT2D eigenvalue weighted by Crippen LogP contribution is -1.66. The maximum Gasteiger partial charge on any atom is 0.115 e. The summed E-state index contributed by atoms with van der Waals surface area (Å²) < 4.78 is 0. The highest BCUT2D eigenvalue weighted by atomic mass is 16.3. The fourth-order valence-corrected chi connectivity index (χ4v) is 1.08. The van der Waals surface area contributed by atoms with Gasteiger partial charge in [-0.05, 0) is 26.0 Å². The summed E-state index contributed by atoms with van der Waals surface area (Å²) in [5.74, 6) is 0.329. The molecule has 0 bridgehead atoms. The minimum Gasteiger partial charge on any atom is -0.508 e. The van der Waals surface area contributed by atoms with Crippen LogP contribution in [0.3, 0.4) is 0 Å². The SMILES string of the molecule is C=O.C=O.Cc1ccc(O)cc1.Cc1ccccc1. The Labute approximate surface area is 114 Å². The minimum atomic E-state index is 0.329. The van der Waals surface area contributed by atoms with Gasteiger partial charge in [-0.2, -0.15) is 0 Å². The number of phenols is 1. The quantitative estimate of drug-likeness (QED) is 0.790. The number of aromatic hydroxyl groups is 1. The molecule has 0 aliphatic rings. The van der Waals surface area contributed by atoms with Crippen molar-refractivity contribution >= 4 is 13.6 Å². The van der Waals surface area contributed by atoms with Crippen molar-refractivity contribution in [3.63, 3.8) is 0 Å². The molecule has 2 aromatic rings. The molecule has 2 rings (SSSR count). The number of phenolic OH excluding ortho intramolecular Hbond substituents is 1. The molecule has 0 heterocycles. The van der Waals surface area contributed by atoms with Crippen LogP contribution in [0.25, 0.3) is 0 Å². The van der Waals surface area contributed by atoms with Crippen molar-refractivity contribution < 1.29 is 14.7 Å². The Hall–Kier alpha value is -2.42. The van der Waals surface area contributed by atoms with Crippen LogP contribution < -0.4 is 0 Å². The van der Waals surface area contributed by atoms with Crippen molar-refractivity contribution in [2.24, 2.45) is 0 Å². The van der Waals surface area contributed by atoms with Crippen LogP contribution in [0.2, 0.25) is 0 Å². The van der Waals surface area contributed by atoms with Gasteiger partial charge in [-0.25, -0.2) is 0 Å². The summed E-state index contributed by atoms with van der Waals surface area (Å²) in [6.45, 7) is 8.07. The molecule has 0 amide bonds. The Morgan fingerprint density at radius 2 is 1.05 bits per heavy atom. The number of carbonyl (C=O) groups is 2. The van der Waals surface area contributed by atoms with Crippen molar-refractivity contribution in [3.8, 4) is 5.75 Å². The predicted octanol–water partition coefficient (Wildman–Crippen LogP) is 3.33. The molecular weight excluding hydrogens is 240 g/mol. The largest absolute Gasteiger partial charge is 0.508 e. The first-order valence-electron chi connectivity index (χ1n) is 5.53. The summed E-state index contributed by atoms with van der Waals surface area (Å²) in [5.41, 5.74) is 2.49. The van der Waals surface area contributed by atoms with Gasteiger partial charge in [0.25, 0.3) is 0 Å². The normalized spacial score (nSPS) is 7.47. The zero-order chi connectivity index (χ0) is 15.1. The molecule has 0 saturated carbocycles. The van der Waals surface area contributed by atoms with Gasteiger partial charge in [0.2, 0.25) is 0 Å². The monoisotopic (exact) mass is 260 g/mol. The summed E-state index contributed by atoms with van der Waals surface area (Å²) in [6, 6.07) is 17.4. The highest BCUT2D eigenvalue weighted by Gasteiger charge is 1.82. The number of benzene rings is 2. The van der Waals surface area contributed by atoms with E-state index in [2.05, 4.69) is 19.1 Å². The molecule has 3 heteroatoms. The fraction of sp³-hybridized carbons (Fsp3) is 0.125. The van der Waals surface area contributed by atoms with Gasteiger partial charge in [-0.1, -0.05) is 53.6 Å². The van der Waals surface area contributed by atoms with Crippen LogP contribution in [0.1, 0.15) is 11.1 Å².